The fourth-order valence-corrected chi connectivity index (χ4v) is 3.25. The lowest BCUT2D eigenvalue weighted by Crippen LogP contribution is -2.59. The van der Waals surface area contributed by atoms with E-state index in [9.17, 15) is 14.4 Å². The van der Waals surface area contributed by atoms with E-state index in [-0.39, 0.29) is 29.6 Å². The molecule has 0 bridgehead atoms. The first-order valence-electron chi connectivity index (χ1n) is 8.87. The van der Waals surface area contributed by atoms with Gasteiger partial charge >= 0.3 is 0 Å². The van der Waals surface area contributed by atoms with Crippen molar-refractivity contribution in [2.24, 2.45) is 11.8 Å². The molecule has 2 N–H and O–H groups in total. The maximum absolute atomic E-state index is 12.8. The minimum Gasteiger partial charge on any atom is -0.380 e. The maximum atomic E-state index is 12.8. The molecular formula is C19H23N3O4. The molecule has 0 unspecified atom stereocenters. The van der Waals surface area contributed by atoms with E-state index >= 15 is 0 Å². The van der Waals surface area contributed by atoms with Crippen LogP contribution in [0.15, 0.2) is 36.4 Å². The van der Waals surface area contributed by atoms with Crippen molar-refractivity contribution in [3.63, 3.8) is 0 Å². The van der Waals surface area contributed by atoms with Crippen LogP contribution in [0.1, 0.15) is 30.1 Å². The first-order valence-corrected chi connectivity index (χ1v) is 8.87. The minimum absolute atomic E-state index is 0.146. The smallest absolute Gasteiger partial charge is 0.251 e. The quantitative estimate of drug-likeness (QED) is 0.595. The van der Waals surface area contributed by atoms with Crippen LogP contribution in [0.25, 0.3) is 0 Å². The second-order valence-electron chi connectivity index (χ2n) is 6.31. The van der Waals surface area contributed by atoms with E-state index in [0.717, 1.165) is 0 Å². The molecule has 7 nitrogen and oxygen atoms in total. The topological polar surface area (TPSA) is 87.7 Å². The molecule has 1 saturated heterocycles. The van der Waals surface area contributed by atoms with E-state index in [1.165, 1.54) is 5.01 Å². The van der Waals surface area contributed by atoms with Gasteiger partial charge < -0.3 is 10.1 Å². The van der Waals surface area contributed by atoms with Crippen molar-refractivity contribution in [2.75, 3.05) is 24.8 Å². The summed E-state index contributed by atoms with van der Waals surface area (Å²) in [6.45, 7) is 3.34. The second-order valence-corrected chi connectivity index (χ2v) is 6.31. The second kappa shape index (κ2) is 8.14. The van der Waals surface area contributed by atoms with E-state index in [1.807, 2.05) is 19.1 Å². The van der Waals surface area contributed by atoms with Gasteiger partial charge in [0.25, 0.3) is 5.91 Å². The van der Waals surface area contributed by atoms with Crippen molar-refractivity contribution in [3.05, 3.63) is 42.0 Å². The van der Waals surface area contributed by atoms with Gasteiger partial charge in [-0.05, 0) is 38.0 Å². The number of nitrogens with one attached hydrogen (secondary N) is 2. The van der Waals surface area contributed by atoms with Crippen LogP contribution in [0.4, 0.5) is 5.69 Å². The summed E-state index contributed by atoms with van der Waals surface area (Å²) >= 11 is 0. The van der Waals surface area contributed by atoms with Gasteiger partial charge in [-0.2, -0.15) is 0 Å². The zero-order valence-electron chi connectivity index (χ0n) is 14.7. The number of nitrogens with zero attached hydrogens (tertiary/aromatic N) is 1. The van der Waals surface area contributed by atoms with Gasteiger partial charge in [-0.3, -0.25) is 19.8 Å². The molecule has 1 aliphatic carbocycles. The summed E-state index contributed by atoms with van der Waals surface area (Å²) in [5.74, 6) is -1.22. The number of anilines is 1. The Kier molecular flexibility index (Phi) is 5.68. The molecule has 0 aromatic heterocycles. The minimum atomic E-state index is -0.350. The summed E-state index contributed by atoms with van der Waals surface area (Å²) in [6, 6.07) is 6.67. The standard InChI is InChI=1S/C19H23N3O4/c1-2-26-11-10-20-17(23)13-6-5-7-14(12-13)22-19(25)16-9-4-3-8-15(16)18(24)21-22/h3-7,12,15-16H,2,8-11H2,1H3,(H,20,23)(H,21,24)/t15-,16-/m1/s1. The SMILES string of the molecule is CCOCCNC(=O)c1cccc(N2NC(=O)[C@@H]3CC=CC[C@H]3C2=O)c1. The normalized spacial score (nSPS) is 22.0. The van der Waals surface area contributed by atoms with E-state index in [0.29, 0.717) is 43.9 Å². The number of ether oxygens (including phenoxy) is 1. The molecule has 1 aromatic carbocycles. The lowest BCUT2D eigenvalue weighted by Gasteiger charge is -2.38. The molecule has 0 radical (unpaired) electrons. The van der Waals surface area contributed by atoms with Crippen molar-refractivity contribution in [1.82, 2.24) is 10.7 Å². The Hall–Kier alpha value is -2.67. The van der Waals surface area contributed by atoms with Crippen LogP contribution in [0.3, 0.4) is 0 Å². The van der Waals surface area contributed by atoms with Crippen LogP contribution < -0.4 is 15.8 Å². The molecule has 26 heavy (non-hydrogen) atoms. The molecule has 1 aliphatic heterocycles. The molecule has 1 heterocycles. The molecule has 1 aromatic rings. The maximum Gasteiger partial charge on any atom is 0.251 e. The van der Waals surface area contributed by atoms with Crippen molar-refractivity contribution in [3.8, 4) is 0 Å². The highest BCUT2D eigenvalue weighted by Crippen LogP contribution is 2.32. The van der Waals surface area contributed by atoms with Crippen molar-refractivity contribution in [2.45, 2.75) is 19.8 Å². The predicted molar refractivity (Wildman–Crippen MR) is 96.3 cm³/mol. The number of hydrogen-bond acceptors (Lipinski definition) is 4. The summed E-state index contributed by atoms with van der Waals surface area (Å²) in [6.07, 6.45) is 5.03. The first-order chi connectivity index (χ1) is 12.6. The number of amides is 3. The summed E-state index contributed by atoms with van der Waals surface area (Å²) in [5.41, 5.74) is 3.57. The molecule has 3 amide bonds. The highest BCUT2D eigenvalue weighted by atomic mass is 16.5. The predicted octanol–water partition coefficient (Wildman–Crippen LogP) is 1.41. The molecule has 0 saturated carbocycles. The fraction of sp³-hybridized carbons (Fsp3) is 0.421. The van der Waals surface area contributed by atoms with Gasteiger partial charge in [-0.15, -0.1) is 0 Å². The van der Waals surface area contributed by atoms with Gasteiger partial charge in [0, 0.05) is 18.7 Å². The first kappa shape index (κ1) is 18.1. The number of allylic oxidation sites excluding steroid dienone is 2. The van der Waals surface area contributed by atoms with E-state index in [4.69, 9.17) is 4.74 Å². The third-order valence-corrected chi connectivity index (χ3v) is 4.63. The number of benzene rings is 1. The lowest BCUT2D eigenvalue weighted by molar-refractivity contribution is -0.139. The molecule has 0 spiro atoms. The monoisotopic (exact) mass is 357 g/mol. The van der Waals surface area contributed by atoms with Crippen molar-refractivity contribution in [1.29, 1.82) is 0 Å². The number of hydrogen-bond donors (Lipinski definition) is 2. The van der Waals surface area contributed by atoms with Crippen molar-refractivity contribution >= 4 is 23.4 Å². The highest BCUT2D eigenvalue weighted by Gasteiger charge is 2.42. The third kappa shape index (κ3) is 3.77. The highest BCUT2D eigenvalue weighted by molar-refractivity contribution is 6.05. The van der Waals surface area contributed by atoms with Crippen LogP contribution in [-0.4, -0.2) is 37.5 Å². The largest absolute Gasteiger partial charge is 0.380 e. The Morgan fingerprint density at radius 3 is 2.81 bits per heavy atom. The number of carbonyl (C=O) groups is 3. The number of hydrazine groups is 1. The van der Waals surface area contributed by atoms with E-state index < -0.39 is 0 Å². The summed E-state index contributed by atoms with van der Waals surface area (Å²) in [5, 5.41) is 4.03. The van der Waals surface area contributed by atoms with Gasteiger partial charge in [-0.1, -0.05) is 18.2 Å². The number of fused-ring (bicyclic) bond motifs is 1. The van der Waals surface area contributed by atoms with E-state index in [2.05, 4.69) is 10.7 Å². The number of rotatable bonds is 6. The fourth-order valence-electron chi connectivity index (χ4n) is 3.25. The van der Waals surface area contributed by atoms with Gasteiger partial charge in [-0.25, -0.2) is 5.01 Å². The zero-order valence-corrected chi connectivity index (χ0v) is 14.7. The zero-order chi connectivity index (χ0) is 18.5. The average molecular weight is 357 g/mol. The summed E-state index contributed by atoms with van der Waals surface area (Å²) in [4.78, 5) is 37.4. The van der Waals surface area contributed by atoms with Crippen LogP contribution in [0, 0.1) is 11.8 Å². The van der Waals surface area contributed by atoms with Gasteiger partial charge in [0.15, 0.2) is 0 Å². The molecule has 7 heteroatoms. The third-order valence-electron chi connectivity index (χ3n) is 4.63. The van der Waals surface area contributed by atoms with Gasteiger partial charge in [0.2, 0.25) is 11.8 Å². The summed E-state index contributed by atoms with van der Waals surface area (Å²) in [7, 11) is 0. The summed E-state index contributed by atoms with van der Waals surface area (Å²) < 4.78 is 5.19. The molecule has 1 fully saturated rings. The Balaban J connectivity index is 1.73. The van der Waals surface area contributed by atoms with Crippen LogP contribution >= 0.6 is 0 Å². The molecule has 2 atom stereocenters. The van der Waals surface area contributed by atoms with Crippen LogP contribution in [0.2, 0.25) is 0 Å². The molecular weight excluding hydrogens is 334 g/mol. The number of carbonyl (C=O) groups excluding carboxylic acids is 3. The molecule has 2 aliphatic rings. The van der Waals surface area contributed by atoms with Crippen LogP contribution in [-0.2, 0) is 14.3 Å². The average Bonchev–Trinajstić information content (AvgIpc) is 2.68. The van der Waals surface area contributed by atoms with Crippen molar-refractivity contribution < 1.29 is 19.1 Å². The lowest BCUT2D eigenvalue weighted by atomic mass is 9.80. The molecule has 138 valence electrons. The van der Waals surface area contributed by atoms with E-state index in [1.54, 1.807) is 24.3 Å². The molecule has 3 rings (SSSR count). The van der Waals surface area contributed by atoms with Crippen LogP contribution in [0.5, 0.6) is 0 Å². The Morgan fingerprint density at radius 1 is 1.27 bits per heavy atom. The Labute approximate surface area is 152 Å². The Morgan fingerprint density at radius 2 is 2.04 bits per heavy atom. The Bertz CT molecular complexity index is 731. The van der Waals surface area contributed by atoms with Gasteiger partial charge in [0.1, 0.15) is 0 Å². The van der Waals surface area contributed by atoms with Gasteiger partial charge in [0.05, 0.1) is 24.1 Å².